The molecule has 0 aliphatic carbocycles. The Bertz CT molecular complexity index is 242. The highest BCUT2D eigenvalue weighted by atomic mass is 33.1. The lowest BCUT2D eigenvalue weighted by Gasteiger charge is -2.29. The van der Waals surface area contributed by atoms with Crippen LogP contribution < -0.4 is 0 Å². The van der Waals surface area contributed by atoms with Crippen molar-refractivity contribution in [3.05, 3.63) is 0 Å². The summed E-state index contributed by atoms with van der Waals surface area (Å²) in [5, 5.41) is 8.77. The first-order valence-electron chi connectivity index (χ1n) is 5.60. The van der Waals surface area contributed by atoms with Gasteiger partial charge in [-0.15, -0.1) is 0 Å². The van der Waals surface area contributed by atoms with Crippen LogP contribution in [-0.2, 0) is 14.3 Å². The van der Waals surface area contributed by atoms with Crippen LogP contribution in [0.4, 0.5) is 0 Å². The first-order chi connectivity index (χ1) is 8.01. The van der Waals surface area contributed by atoms with Gasteiger partial charge in [0.15, 0.2) is 0 Å². The number of hydrogen-bond donors (Lipinski definition) is 1. The Morgan fingerprint density at radius 2 is 2.06 bits per heavy atom. The third kappa shape index (κ3) is 6.21. The van der Waals surface area contributed by atoms with Crippen molar-refractivity contribution in [2.75, 3.05) is 12.4 Å². The standard InChI is InChI=1S/C11H20O4S2/c1-4-11(5-2,7-15-8-12)17-16-6-9(3)10(13)14/h8-9H,4-7H2,1-3H3,(H,13,14)/t9-/m1/s1. The molecule has 100 valence electrons. The molecule has 0 spiro atoms. The number of aliphatic carboxylic acids is 1. The van der Waals surface area contributed by atoms with Crippen LogP contribution in [0.25, 0.3) is 0 Å². The van der Waals surface area contributed by atoms with Gasteiger partial charge in [0.1, 0.15) is 6.61 Å². The lowest BCUT2D eigenvalue weighted by atomic mass is 10.0. The van der Waals surface area contributed by atoms with Gasteiger partial charge in [-0.1, -0.05) is 42.4 Å². The minimum atomic E-state index is -0.777. The zero-order chi connectivity index (χ0) is 13.3. The fourth-order valence-corrected chi connectivity index (χ4v) is 4.55. The van der Waals surface area contributed by atoms with Crippen LogP contribution in [0, 0.1) is 5.92 Å². The van der Waals surface area contributed by atoms with E-state index in [2.05, 4.69) is 0 Å². The van der Waals surface area contributed by atoms with Gasteiger partial charge in [-0.05, 0) is 12.8 Å². The molecule has 4 nitrogen and oxygen atoms in total. The zero-order valence-electron chi connectivity index (χ0n) is 10.5. The van der Waals surface area contributed by atoms with Crippen molar-refractivity contribution < 1.29 is 19.4 Å². The van der Waals surface area contributed by atoms with Gasteiger partial charge in [0.05, 0.1) is 10.7 Å². The second-order valence-corrected chi connectivity index (χ2v) is 6.71. The molecule has 0 amide bonds. The molecular formula is C11H20O4S2. The van der Waals surface area contributed by atoms with E-state index in [1.54, 1.807) is 17.7 Å². The molecule has 0 saturated heterocycles. The fraction of sp³-hybridized carbons (Fsp3) is 0.818. The smallest absolute Gasteiger partial charge is 0.307 e. The summed E-state index contributed by atoms with van der Waals surface area (Å²) in [7, 11) is 3.16. The van der Waals surface area contributed by atoms with Gasteiger partial charge in [-0.3, -0.25) is 9.59 Å². The highest BCUT2D eigenvalue weighted by Gasteiger charge is 2.28. The molecule has 0 fully saturated rings. The molecule has 1 atom stereocenters. The summed E-state index contributed by atoms with van der Waals surface area (Å²) in [6.07, 6.45) is 1.77. The summed E-state index contributed by atoms with van der Waals surface area (Å²) in [4.78, 5) is 20.9. The van der Waals surface area contributed by atoms with Crippen LogP contribution in [0.15, 0.2) is 0 Å². The first kappa shape index (κ1) is 16.6. The van der Waals surface area contributed by atoms with E-state index >= 15 is 0 Å². The van der Waals surface area contributed by atoms with Crippen molar-refractivity contribution in [2.24, 2.45) is 5.92 Å². The molecule has 1 N–H and O–H groups in total. The number of carboxylic acid groups (broad SMARTS) is 1. The molecule has 0 heterocycles. The van der Waals surface area contributed by atoms with E-state index in [1.807, 2.05) is 13.8 Å². The summed E-state index contributed by atoms with van der Waals surface area (Å²) in [6.45, 7) is 6.63. The van der Waals surface area contributed by atoms with Crippen molar-refractivity contribution in [3.63, 3.8) is 0 Å². The minimum Gasteiger partial charge on any atom is -0.481 e. The van der Waals surface area contributed by atoms with Crippen molar-refractivity contribution in [1.29, 1.82) is 0 Å². The molecule has 0 saturated carbocycles. The predicted octanol–water partition coefficient (Wildman–Crippen LogP) is 2.82. The van der Waals surface area contributed by atoms with Crippen LogP contribution in [0.5, 0.6) is 0 Å². The second kappa shape index (κ2) is 8.69. The number of ether oxygens (including phenoxy) is 1. The quantitative estimate of drug-likeness (QED) is 0.490. The molecule has 0 aliphatic rings. The summed E-state index contributed by atoms with van der Waals surface area (Å²) in [5.74, 6) is -0.574. The predicted molar refractivity (Wildman–Crippen MR) is 72.2 cm³/mol. The highest BCUT2D eigenvalue weighted by Crippen LogP contribution is 2.41. The molecule has 0 radical (unpaired) electrons. The third-order valence-electron chi connectivity index (χ3n) is 2.68. The van der Waals surface area contributed by atoms with E-state index in [0.717, 1.165) is 12.8 Å². The third-order valence-corrected chi connectivity index (χ3v) is 6.30. The summed E-state index contributed by atoms with van der Waals surface area (Å²) < 4.78 is 4.75. The average Bonchev–Trinajstić information content (AvgIpc) is 2.33. The van der Waals surface area contributed by atoms with Gasteiger partial charge in [0, 0.05) is 5.75 Å². The summed E-state index contributed by atoms with van der Waals surface area (Å²) in [5.41, 5.74) is 0. The fourth-order valence-electron chi connectivity index (χ4n) is 1.11. The van der Waals surface area contributed by atoms with Crippen molar-refractivity contribution in [2.45, 2.75) is 38.4 Å². The average molecular weight is 280 g/mol. The van der Waals surface area contributed by atoms with E-state index in [4.69, 9.17) is 9.84 Å². The summed E-state index contributed by atoms with van der Waals surface area (Å²) in [6, 6.07) is 0. The van der Waals surface area contributed by atoms with Crippen molar-refractivity contribution in [3.8, 4) is 0 Å². The zero-order valence-corrected chi connectivity index (χ0v) is 12.1. The molecule has 0 aromatic heterocycles. The van der Waals surface area contributed by atoms with Crippen LogP contribution in [0.3, 0.4) is 0 Å². The van der Waals surface area contributed by atoms with Gasteiger partial charge >= 0.3 is 5.97 Å². The maximum Gasteiger partial charge on any atom is 0.307 e. The molecule has 0 unspecified atom stereocenters. The molecule has 0 rings (SSSR count). The molecule has 17 heavy (non-hydrogen) atoms. The highest BCUT2D eigenvalue weighted by molar-refractivity contribution is 8.77. The SMILES string of the molecule is CCC(CC)(COC=O)SSC[C@@H](C)C(=O)O. The molecular weight excluding hydrogens is 260 g/mol. The van der Waals surface area contributed by atoms with E-state index in [9.17, 15) is 9.59 Å². The lowest BCUT2D eigenvalue weighted by Crippen LogP contribution is -2.28. The minimum absolute atomic E-state index is 0.107. The van der Waals surface area contributed by atoms with Gasteiger partial charge in [0.2, 0.25) is 0 Å². The largest absolute Gasteiger partial charge is 0.481 e. The van der Waals surface area contributed by atoms with Crippen molar-refractivity contribution >= 4 is 34.0 Å². The lowest BCUT2D eigenvalue weighted by molar-refractivity contribution is -0.140. The number of carbonyl (C=O) groups excluding carboxylic acids is 1. The Labute approximate surface area is 110 Å². The van der Waals surface area contributed by atoms with E-state index in [0.29, 0.717) is 18.8 Å². The second-order valence-electron chi connectivity index (χ2n) is 3.90. The Kier molecular flexibility index (Phi) is 8.51. The first-order valence-corrected chi connectivity index (χ1v) is 7.92. The van der Waals surface area contributed by atoms with Crippen molar-refractivity contribution in [1.82, 2.24) is 0 Å². The van der Waals surface area contributed by atoms with Gasteiger partial charge in [-0.25, -0.2) is 0 Å². The Morgan fingerprint density at radius 1 is 1.47 bits per heavy atom. The van der Waals surface area contributed by atoms with Gasteiger partial charge in [-0.2, -0.15) is 0 Å². The number of hydrogen-bond acceptors (Lipinski definition) is 5. The molecule has 0 bridgehead atoms. The van der Waals surface area contributed by atoms with Gasteiger partial charge < -0.3 is 9.84 Å². The monoisotopic (exact) mass is 280 g/mol. The van der Waals surface area contributed by atoms with Gasteiger partial charge in [0.25, 0.3) is 6.47 Å². The molecule has 6 heteroatoms. The maximum absolute atomic E-state index is 10.7. The number of rotatable bonds is 10. The van der Waals surface area contributed by atoms with Crippen LogP contribution in [0.1, 0.15) is 33.6 Å². The molecule has 0 aliphatic heterocycles. The topological polar surface area (TPSA) is 63.6 Å². The molecule has 0 aromatic carbocycles. The normalized spacial score (nSPS) is 13.1. The van der Waals surface area contributed by atoms with Crippen LogP contribution >= 0.6 is 21.6 Å². The number of carbonyl (C=O) groups is 2. The molecule has 0 aromatic rings. The van der Waals surface area contributed by atoms with E-state index in [-0.39, 0.29) is 10.7 Å². The Morgan fingerprint density at radius 3 is 2.47 bits per heavy atom. The van der Waals surface area contributed by atoms with Crippen LogP contribution in [-0.4, -0.2) is 34.7 Å². The van der Waals surface area contributed by atoms with E-state index in [1.165, 1.54) is 10.8 Å². The maximum atomic E-state index is 10.7. The van der Waals surface area contributed by atoms with Crippen LogP contribution in [0.2, 0.25) is 0 Å². The van der Waals surface area contributed by atoms with E-state index < -0.39 is 5.97 Å². The Balaban J connectivity index is 4.16. The Hall–Kier alpha value is -0.360. The number of carboxylic acids is 1. The summed E-state index contributed by atoms with van der Waals surface area (Å²) >= 11 is 0.